The van der Waals surface area contributed by atoms with Crippen molar-refractivity contribution in [2.75, 3.05) is 6.61 Å². The van der Waals surface area contributed by atoms with Gasteiger partial charge in [-0.15, -0.1) is 0 Å². The smallest absolute Gasteiger partial charge is 0.190 e. The van der Waals surface area contributed by atoms with Crippen LogP contribution in [0.2, 0.25) is 0 Å². The summed E-state index contributed by atoms with van der Waals surface area (Å²) in [6.07, 6.45) is 12.3. The van der Waals surface area contributed by atoms with E-state index in [2.05, 4.69) is 19.9 Å². The van der Waals surface area contributed by atoms with Crippen LogP contribution in [-0.4, -0.2) is 28.2 Å². The Morgan fingerprint density at radius 1 is 1.17 bits per heavy atom. The number of ketones is 1. The Hall–Kier alpha value is -0.670. The van der Waals surface area contributed by atoms with Crippen molar-refractivity contribution in [3.8, 4) is 0 Å². The van der Waals surface area contributed by atoms with Crippen molar-refractivity contribution >= 4 is 5.78 Å². The van der Waals surface area contributed by atoms with Gasteiger partial charge in [-0.2, -0.15) is 0 Å². The number of rotatable bonds is 2. The summed E-state index contributed by atoms with van der Waals surface area (Å²) in [6, 6.07) is 0. The highest BCUT2D eigenvalue weighted by atomic mass is 16.3. The average Bonchev–Trinajstić information content (AvgIpc) is 2.86. The van der Waals surface area contributed by atoms with Crippen LogP contribution in [0.3, 0.4) is 0 Å². The molecule has 0 bridgehead atoms. The fraction of sp³-hybridized carbons (Fsp3) is 0.857. The second-order valence-corrected chi connectivity index (χ2v) is 9.39. The number of hydrogen-bond donors (Lipinski definition) is 2. The third-order valence-electron chi connectivity index (χ3n) is 8.78. The zero-order valence-corrected chi connectivity index (χ0v) is 15.2. The van der Waals surface area contributed by atoms with E-state index in [0.29, 0.717) is 29.6 Å². The molecular formula is C21H32O3. The zero-order chi connectivity index (χ0) is 17.2. The quantitative estimate of drug-likeness (QED) is 0.759. The first-order valence-corrected chi connectivity index (χ1v) is 9.93. The summed E-state index contributed by atoms with van der Waals surface area (Å²) in [5.41, 5.74) is 0.393. The fourth-order valence-corrected chi connectivity index (χ4v) is 7.36. The number of aliphatic hydroxyl groups is 2. The molecule has 4 rings (SSSR count). The average molecular weight is 332 g/mol. The number of carbonyl (C=O) groups excluding carboxylic acids is 1. The van der Waals surface area contributed by atoms with Crippen LogP contribution >= 0.6 is 0 Å². The molecule has 0 aliphatic heterocycles. The van der Waals surface area contributed by atoms with E-state index < -0.39 is 12.2 Å². The van der Waals surface area contributed by atoms with Crippen molar-refractivity contribution in [2.45, 2.75) is 77.2 Å². The van der Waals surface area contributed by atoms with Crippen LogP contribution in [0, 0.1) is 28.6 Å². The summed E-state index contributed by atoms with van der Waals surface area (Å²) < 4.78 is 0. The Bertz CT molecular complexity index is 582. The molecule has 0 amide bonds. The number of aliphatic hydroxyl groups excluding tert-OH is 1. The first-order chi connectivity index (χ1) is 11.4. The Morgan fingerprint density at radius 3 is 2.67 bits per heavy atom. The first-order valence-electron chi connectivity index (χ1n) is 9.93. The molecule has 0 spiro atoms. The van der Waals surface area contributed by atoms with Crippen LogP contribution in [0.4, 0.5) is 0 Å². The Balaban J connectivity index is 1.68. The van der Waals surface area contributed by atoms with Gasteiger partial charge in [-0.3, -0.25) is 4.79 Å². The molecule has 0 aromatic rings. The lowest BCUT2D eigenvalue weighted by atomic mass is 9.46. The maximum Gasteiger partial charge on any atom is 0.190 e. The molecule has 0 unspecified atom stereocenters. The van der Waals surface area contributed by atoms with Crippen LogP contribution in [0.15, 0.2) is 11.6 Å². The molecule has 3 saturated carbocycles. The lowest BCUT2D eigenvalue weighted by Crippen LogP contribution is -2.58. The summed E-state index contributed by atoms with van der Waals surface area (Å²) in [6.45, 7) is 4.08. The molecule has 0 saturated heterocycles. The summed E-state index contributed by atoms with van der Waals surface area (Å²) in [5, 5.41) is 20.6. The normalized spacial score (nSPS) is 50.5. The lowest BCUT2D eigenvalue weighted by molar-refractivity contribution is -0.164. The molecule has 2 N–H and O–H groups in total. The summed E-state index contributed by atoms with van der Waals surface area (Å²) in [4.78, 5) is 12.3. The van der Waals surface area contributed by atoms with Gasteiger partial charge in [0.1, 0.15) is 12.2 Å². The fourth-order valence-electron chi connectivity index (χ4n) is 7.36. The van der Waals surface area contributed by atoms with E-state index in [4.69, 9.17) is 0 Å². The van der Waals surface area contributed by atoms with Crippen LogP contribution < -0.4 is 0 Å². The van der Waals surface area contributed by atoms with E-state index in [-0.39, 0.29) is 11.2 Å². The Kier molecular flexibility index (Phi) is 3.78. The molecule has 24 heavy (non-hydrogen) atoms. The Morgan fingerprint density at radius 2 is 1.92 bits per heavy atom. The number of Topliss-reactive ketones (excluding diaryl/α,β-unsaturated/α-hetero) is 1. The highest BCUT2D eigenvalue weighted by Gasteiger charge is 2.65. The maximum absolute atomic E-state index is 12.3. The first kappa shape index (κ1) is 16.8. The minimum atomic E-state index is -1.30. The molecule has 0 aromatic carbocycles. The molecule has 6 atom stereocenters. The van der Waals surface area contributed by atoms with Gasteiger partial charge >= 0.3 is 0 Å². The molecule has 4 aliphatic carbocycles. The van der Waals surface area contributed by atoms with E-state index in [9.17, 15) is 15.0 Å². The molecule has 3 fully saturated rings. The SMILES string of the molecule is C[C@]12CCCC=C1CC[C@@H]1[C@@H]2CC[C@@]2(C)[C@H]1CC[C@]2(O)C(=O)CO. The van der Waals surface area contributed by atoms with Gasteiger partial charge in [-0.1, -0.05) is 25.5 Å². The van der Waals surface area contributed by atoms with Gasteiger partial charge in [-0.25, -0.2) is 0 Å². The van der Waals surface area contributed by atoms with E-state index >= 15 is 0 Å². The predicted molar refractivity (Wildman–Crippen MR) is 93.4 cm³/mol. The van der Waals surface area contributed by atoms with Crippen molar-refractivity contribution in [3.05, 3.63) is 11.6 Å². The number of fused-ring (bicyclic) bond motifs is 5. The lowest BCUT2D eigenvalue weighted by Gasteiger charge is -2.59. The minimum absolute atomic E-state index is 0.347. The van der Waals surface area contributed by atoms with Gasteiger partial charge in [-0.05, 0) is 81.0 Å². The second-order valence-electron chi connectivity index (χ2n) is 9.39. The van der Waals surface area contributed by atoms with E-state index in [1.54, 1.807) is 5.57 Å². The van der Waals surface area contributed by atoms with Crippen molar-refractivity contribution < 1.29 is 15.0 Å². The molecule has 3 nitrogen and oxygen atoms in total. The van der Waals surface area contributed by atoms with Crippen LogP contribution in [0.5, 0.6) is 0 Å². The van der Waals surface area contributed by atoms with Crippen molar-refractivity contribution in [3.63, 3.8) is 0 Å². The van der Waals surface area contributed by atoms with E-state index in [1.165, 1.54) is 32.1 Å². The van der Waals surface area contributed by atoms with Crippen LogP contribution in [0.1, 0.15) is 71.6 Å². The molecule has 0 radical (unpaired) electrons. The minimum Gasteiger partial charge on any atom is -0.388 e. The van der Waals surface area contributed by atoms with Crippen LogP contribution in [-0.2, 0) is 4.79 Å². The van der Waals surface area contributed by atoms with E-state index in [0.717, 1.165) is 19.3 Å². The number of carbonyl (C=O) groups is 1. The number of allylic oxidation sites excluding steroid dienone is 2. The molecule has 0 aromatic heterocycles. The van der Waals surface area contributed by atoms with Gasteiger partial charge in [0.05, 0.1) is 0 Å². The van der Waals surface area contributed by atoms with Gasteiger partial charge < -0.3 is 10.2 Å². The predicted octanol–water partition coefficient (Wildman–Crippen LogP) is 3.63. The van der Waals surface area contributed by atoms with Gasteiger partial charge in [0.15, 0.2) is 5.78 Å². The maximum atomic E-state index is 12.3. The van der Waals surface area contributed by atoms with Gasteiger partial charge in [0.2, 0.25) is 0 Å². The second kappa shape index (κ2) is 5.41. The number of hydrogen-bond acceptors (Lipinski definition) is 3. The molecule has 4 aliphatic rings. The van der Waals surface area contributed by atoms with E-state index in [1.807, 2.05) is 0 Å². The summed E-state index contributed by atoms with van der Waals surface area (Å²) >= 11 is 0. The van der Waals surface area contributed by atoms with Crippen LogP contribution in [0.25, 0.3) is 0 Å². The molecule has 134 valence electrons. The van der Waals surface area contributed by atoms with Gasteiger partial charge in [0.25, 0.3) is 0 Å². The Labute approximate surface area is 145 Å². The standard InChI is InChI=1S/C21H32O3/c1-19-10-4-3-5-14(19)6-7-15-16(19)8-11-20(2)17(15)9-12-21(20,24)18(23)13-22/h5,15-17,22,24H,3-4,6-13H2,1-2H3/t15-,16+,17+,19+,20+,21+/m1/s1. The molecule has 0 heterocycles. The monoisotopic (exact) mass is 332 g/mol. The third kappa shape index (κ3) is 1.94. The third-order valence-corrected chi connectivity index (χ3v) is 8.78. The summed E-state index contributed by atoms with van der Waals surface area (Å²) in [5.74, 6) is 1.41. The highest BCUT2D eigenvalue weighted by Crippen LogP contribution is 2.67. The largest absolute Gasteiger partial charge is 0.388 e. The van der Waals surface area contributed by atoms with Gasteiger partial charge in [0, 0.05) is 5.41 Å². The van der Waals surface area contributed by atoms with Crippen molar-refractivity contribution in [2.24, 2.45) is 28.6 Å². The highest BCUT2D eigenvalue weighted by molar-refractivity contribution is 5.89. The van der Waals surface area contributed by atoms with Crippen molar-refractivity contribution in [1.82, 2.24) is 0 Å². The zero-order valence-electron chi connectivity index (χ0n) is 15.2. The van der Waals surface area contributed by atoms with Crippen molar-refractivity contribution in [1.29, 1.82) is 0 Å². The molecular weight excluding hydrogens is 300 g/mol. The summed E-state index contributed by atoms with van der Waals surface area (Å²) in [7, 11) is 0. The molecule has 3 heteroatoms. The topological polar surface area (TPSA) is 57.5 Å².